The number of benzene rings is 2. The van der Waals surface area contributed by atoms with Gasteiger partial charge in [-0.1, -0.05) is 35.0 Å². The highest BCUT2D eigenvalue weighted by molar-refractivity contribution is 7.99. The minimum atomic E-state index is -0.194. The minimum absolute atomic E-state index is 0.175. The number of phenols is 2. The van der Waals surface area contributed by atoms with Gasteiger partial charge in [0.25, 0.3) is 0 Å². The average Bonchev–Trinajstić information content (AvgIpc) is 3.00. The first-order valence-electron chi connectivity index (χ1n) is 7.17. The van der Waals surface area contributed by atoms with Gasteiger partial charge in [0.15, 0.2) is 17.3 Å². The number of fused-ring (bicyclic) bond motifs is 1. The summed E-state index contributed by atoms with van der Waals surface area (Å²) in [6.07, 6.45) is 0. The van der Waals surface area contributed by atoms with Crippen LogP contribution in [0.4, 0.5) is 0 Å². The lowest BCUT2D eigenvalue weighted by molar-refractivity contribution is 0.403. The molecule has 0 bridgehead atoms. The number of phenolic OH excluding ortho intramolecular Hbond substituents is 2. The molecule has 1 aliphatic rings. The van der Waals surface area contributed by atoms with Gasteiger partial charge in [0, 0.05) is 21.9 Å². The lowest BCUT2D eigenvalue weighted by Gasteiger charge is -2.14. The van der Waals surface area contributed by atoms with E-state index in [1.165, 1.54) is 23.9 Å². The van der Waals surface area contributed by atoms with E-state index in [0.29, 0.717) is 37.9 Å². The summed E-state index contributed by atoms with van der Waals surface area (Å²) in [7, 11) is 0. The van der Waals surface area contributed by atoms with Gasteiger partial charge in [0.1, 0.15) is 0 Å². The number of aromatic nitrogens is 3. The van der Waals surface area contributed by atoms with Gasteiger partial charge >= 0.3 is 0 Å². The highest BCUT2D eigenvalue weighted by Gasteiger charge is 2.22. The van der Waals surface area contributed by atoms with Gasteiger partial charge in [-0.3, -0.25) is 0 Å². The molecular weight excluding hydrogens is 383 g/mol. The smallest absolute Gasteiger partial charge is 0.212 e. The first-order valence-corrected chi connectivity index (χ1v) is 8.91. The standard InChI is InChI=1S/C16H10Cl2N4O2S/c17-9-2-3-10(11(18)6-9)15-19-20-16-22(15)21-12(7-25-16)8-1-4-13(23)14(24)5-8/h1-6,23-24H,7H2. The second-order valence-electron chi connectivity index (χ2n) is 5.28. The molecule has 4 rings (SSSR count). The molecule has 25 heavy (non-hydrogen) atoms. The average molecular weight is 393 g/mol. The Kier molecular flexibility index (Phi) is 4.07. The first-order chi connectivity index (χ1) is 12.0. The minimum Gasteiger partial charge on any atom is -0.504 e. The second kappa shape index (κ2) is 6.25. The van der Waals surface area contributed by atoms with E-state index >= 15 is 0 Å². The second-order valence-corrected chi connectivity index (χ2v) is 7.07. The fourth-order valence-corrected chi connectivity index (χ4v) is 3.74. The van der Waals surface area contributed by atoms with Crippen LogP contribution < -0.4 is 0 Å². The summed E-state index contributed by atoms with van der Waals surface area (Å²) in [4.78, 5) is 0. The topological polar surface area (TPSA) is 83.5 Å². The Labute approximate surface area is 156 Å². The van der Waals surface area contributed by atoms with Crippen LogP contribution in [0.3, 0.4) is 0 Å². The van der Waals surface area contributed by atoms with Crippen LogP contribution in [-0.2, 0) is 0 Å². The molecule has 126 valence electrons. The van der Waals surface area contributed by atoms with E-state index in [1.807, 2.05) is 0 Å². The van der Waals surface area contributed by atoms with E-state index in [4.69, 9.17) is 23.2 Å². The molecule has 0 amide bonds. The Balaban J connectivity index is 1.81. The number of halogens is 2. The predicted octanol–water partition coefficient (Wildman–Crippen LogP) is 4.02. The molecule has 6 nitrogen and oxygen atoms in total. The monoisotopic (exact) mass is 392 g/mol. The summed E-state index contributed by atoms with van der Waals surface area (Å²) >= 11 is 13.7. The van der Waals surface area contributed by atoms with Gasteiger partial charge in [-0.25, -0.2) is 0 Å². The third-order valence-electron chi connectivity index (χ3n) is 3.65. The van der Waals surface area contributed by atoms with Crippen molar-refractivity contribution < 1.29 is 10.2 Å². The molecule has 2 heterocycles. The Hall–Kier alpha value is -2.22. The van der Waals surface area contributed by atoms with Crippen LogP contribution in [0.25, 0.3) is 11.4 Å². The number of hydrogen-bond acceptors (Lipinski definition) is 6. The van der Waals surface area contributed by atoms with Gasteiger partial charge in [0.05, 0.1) is 10.7 Å². The van der Waals surface area contributed by atoms with Crippen LogP contribution >= 0.6 is 35.0 Å². The van der Waals surface area contributed by atoms with E-state index < -0.39 is 0 Å². The summed E-state index contributed by atoms with van der Waals surface area (Å²) in [5, 5.41) is 33.7. The summed E-state index contributed by atoms with van der Waals surface area (Å²) in [6, 6.07) is 9.72. The Morgan fingerprint density at radius 1 is 1.00 bits per heavy atom. The summed E-state index contributed by atoms with van der Waals surface area (Å²) in [5.41, 5.74) is 2.10. The summed E-state index contributed by atoms with van der Waals surface area (Å²) in [6.45, 7) is 0. The number of rotatable bonds is 2. The number of hydrogen-bond donors (Lipinski definition) is 2. The molecule has 1 aromatic heterocycles. The number of nitrogens with zero attached hydrogens (tertiary/aromatic N) is 4. The highest BCUT2D eigenvalue weighted by Crippen LogP contribution is 2.34. The van der Waals surface area contributed by atoms with Crippen molar-refractivity contribution in [3.05, 3.63) is 52.0 Å². The van der Waals surface area contributed by atoms with E-state index in [9.17, 15) is 10.2 Å². The van der Waals surface area contributed by atoms with Crippen LogP contribution in [0.1, 0.15) is 5.56 Å². The first kappa shape index (κ1) is 16.3. The molecule has 2 N–H and O–H groups in total. The molecule has 0 radical (unpaired) electrons. The van der Waals surface area contributed by atoms with Gasteiger partial charge in [-0.2, -0.15) is 9.78 Å². The molecule has 1 aliphatic heterocycles. The quantitative estimate of drug-likeness (QED) is 0.643. The molecule has 2 aromatic carbocycles. The zero-order chi connectivity index (χ0) is 17.6. The molecule has 0 saturated heterocycles. The number of aromatic hydroxyl groups is 2. The van der Waals surface area contributed by atoms with Crippen molar-refractivity contribution in [2.24, 2.45) is 5.10 Å². The van der Waals surface area contributed by atoms with Crippen molar-refractivity contribution in [2.75, 3.05) is 5.75 Å². The third-order valence-corrected chi connectivity index (χ3v) is 5.13. The SMILES string of the molecule is Oc1ccc(C2=Nn3c(nnc3-c3ccc(Cl)cc3Cl)SC2)cc1O. The van der Waals surface area contributed by atoms with Crippen molar-refractivity contribution in [3.8, 4) is 22.9 Å². The van der Waals surface area contributed by atoms with E-state index in [2.05, 4.69) is 15.3 Å². The van der Waals surface area contributed by atoms with Crippen molar-refractivity contribution in [1.82, 2.24) is 14.9 Å². The van der Waals surface area contributed by atoms with Crippen molar-refractivity contribution in [3.63, 3.8) is 0 Å². The van der Waals surface area contributed by atoms with E-state index in [1.54, 1.807) is 28.9 Å². The molecule has 9 heteroatoms. The van der Waals surface area contributed by atoms with Crippen LogP contribution in [0.2, 0.25) is 10.0 Å². The lowest BCUT2D eigenvalue weighted by atomic mass is 10.1. The molecule has 0 fully saturated rings. The predicted molar refractivity (Wildman–Crippen MR) is 97.9 cm³/mol. The zero-order valence-corrected chi connectivity index (χ0v) is 14.8. The molecule has 0 atom stereocenters. The van der Waals surface area contributed by atoms with Crippen LogP contribution in [-0.4, -0.2) is 36.6 Å². The zero-order valence-electron chi connectivity index (χ0n) is 12.5. The van der Waals surface area contributed by atoms with E-state index in [0.717, 1.165) is 5.71 Å². The molecule has 3 aromatic rings. The maximum absolute atomic E-state index is 9.71. The van der Waals surface area contributed by atoms with Crippen molar-refractivity contribution >= 4 is 40.7 Å². The van der Waals surface area contributed by atoms with Crippen LogP contribution in [0, 0.1) is 0 Å². The van der Waals surface area contributed by atoms with Crippen molar-refractivity contribution in [2.45, 2.75) is 5.16 Å². The molecule has 0 saturated carbocycles. The molecule has 0 aliphatic carbocycles. The van der Waals surface area contributed by atoms with Crippen LogP contribution in [0.15, 0.2) is 46.7 Å². The highest BCUT2D eigenvalue weighted by atomic mass is 35.5. The maximum Gasteiger partial charge on any atom is 0.212 e. The normalized spacial score (nSPS) is 13.4. The van der Waals surface area contributed by atoms with E-state index in [-0.39, 0.29) is 11.5 Å². The maximum atomic E-state index is 9.71. The van der Waals surface area contributed by atoms with Crippen molar-refractivity contribution in [1.29, 1.82) is 0 Å². The number of thioether (sulfide) groups is 1. The molecular formula is C16H10Cl2N4O2S. The Morgan fingerprint density at radius 2 is 1.84 bits per heavy atom. The summed E-state index contributed by atoms with van der Waals surface area (Å²) in [5.74, 6) is 0.702. The summed E-state index contributed by atoms with van der Waals surface area (Å²) < 4.78 is 1.61. The van der Waals surface area contributed by atoms with Gasteiger partial charge in [-0.05, 0) is 36.4 Å². The van der Waals surface area contributed by atoms with Gasteiger partial charge in [-0.15, -0.1) is 10.2 Å². The van der Waals surface area contributed by atoms with Gasteiger partial charge < -0.3 is 10.2 Å². The fourth-order valence-electron chi connectivity index (χ4n) is 2.41. The Bertz CT molecular complexity index is 1020. The largest absolute Gasteiger partial charge is 0.504 e. The Morgan fingerprint density at radius 3 is 2.60 bits per heavy atom. The molecule has 0 unspecified atom stereocenters. The lowest BCUT2D eigenvalue weighted by Crippen LogP contribution is -2.13. The molecule has 0 spiro atoms. The van der Waals surface area contributed by atoms with Crippen LogP contribution in [0.5, 0.6) is 11.5 Å². The van der Waals surface area contributed by atoms with Gasteiger partial charge in [0.2, 0.25) is 5.16 Å². The fraction of sp³-hybridized carbons (Fsp3) is 0.0625. The third kappa shape index (κ3) is 2.95.